The normalized spacial score (nSPS) is 19.7. The first-order valence-electron chi connectivity index (χ1n) is 12.6. The van der Waals surface area contributed by atoms with Gasteiger partial charge < -0.3 is 49.7 Å². The first kappa shape index (κ1) is 36.0. The third-order valence-corrected chi connectivity index (χ3v) is 7.77. The second-order valence-electron chi connectivity index (χ2n) is 8.97. The molecular weight excluding hydrogens is 737 g/mol. The summed E-state index contributed by atoms with van der Waals surface area (Å²) in [7, 11) is 0. The summed E-state index contributed by atoms with van der Waals surface area (Å²) in [4.78, 5) is 0. The summed E-state index contributed by atoms with van der Waals surface area (Å²) >= 11 is 38.0. The average Bonchev–Trinajstić information content (AvgIpc) is 3.70. The van der Waals surface area contributed by atoms with Gasteiger partial charge in [0.1, 0.15) is 0 Å². The van der Waals surface area contributed by atoms with Crippen LogP contribution in [0.15, 0.2) is 0 Å². The summed E-state index contributed by atoms with van der Waals surface area (Å²) in [6, 6.07) is 0. The first-order chi connectivity index (χ1) is 18.6. The molecule has 19 heteroatoms. The molecule has 0 N–H and O–H groups in total. The van der Waals surface area contributed by atoms with Crippen LogP contribution >= 0.6 is 74.1 Å². The number of thiocarbonyl (C=S) groups is 4. The van der Waals surface area contributed by atoms with Crippen LogP contribution < -0.4 is 0 Å². The van der Waals surface area contributed by atoms with E-state index in [0.717, 1.165) is 52.4 Å². The number of rotatable bonds is 4. The molecule has 0 saturated carbocycles. The van der Waals surface area contributed by atoms with Crippen molar-refractivity contribution in [2.45, 2.75) is 51.4 Å². The van der Waals surface area contributed by atoms with E-state index in [-0.39, 0.29) is 0 Å². The van der Waals surface area contributed by atoms with E-state index in [1.165, 1.54) is 51.4 Å². The van der Waals surface area contributed by atoms with Gasteiger partial charge in [0, 0.05) is 52.4 Å². The van der Waals surface area contributed by atoms with Crippen molar-refractivity contribution in [2.24, 2.45) is 0 Å². The number of hydrogen-bond acceptors (Lipinski definition) is 12. The summed E-state index contributed by atoms with van der Waals surface area (Å²) in [5.74, 6) is 0. The van der Waals surface area contributed by atoms with Crippen molar-refractivity contribution < 1.29 is 25.3 Å². The Hall–Kier alpha value is 0.828. The second kappa shape index (κ2) is 19.2. The Kier molecular flexibility index (Phi) is 17.7. The fourth-order valence-corrected chi connectivity index (χ4v) is 6.41. The van der Waals surface area contributed by atoms with Crippen molar-refractivity contribution in [1.82, 2.24) is 40.5 Å². The number of nitrogens with zero attached hydrogens (tertiary/aromatic N) is 8. The van der Waals surface area contributed by atoms with Crippen LogP contribution in [-0.4, -0.2) is 110 Å². The minimum atomic E-state index is -2.03. The molecular formula is C20H34MoN8O2S8. The van der Waals surface area contributed by atoms with Gasteiger partial charge in [-0.25, -0.2) is 20.3 Å². The molecule has 0 spiro atoms. The monoisotopic (exact) mass is 772 g/mol. The molecule has 39 heavy (non-hydrogen) atoms. The van der Waals surface area contributed by atoms with Crippen LogP contribution in [0.5, 0.6) is 0 Å². The van der Waals surface area contributed by atoms with Gasteiger partial charge in [-0.3, -0.25) is 0 Å². The topological polar surface area (TPSA) is 60.1 Å². The predicted octanol–water partition coefficient (Wildman–Crippen LogP) is 2.91. The van der Waals surface area contributed by atoms with Gasteiger partial charge in [0.15, 0.2) is 8.64 Å². The van der Waals surface area contributed by atoms with E-state index >= 15 is 0 Å². The molecule has 220 valence electrons. The van der Waals surface area contributed by atoms with E-state index in [0.29, 0.717) is 17.3 Å². The summed E-state index contributed by atoms with van der Waals surface area (Å²) < 4.78 is 18.8. The fraction of sp³-hybridized carbons (Fsp3) is 0.800. The van der Waals surface area contributed by atoms with Crippen LogP contribution in [0.4, 0.5) is 0 Å². The first-order valence-corrected chi connectivity index (χ1v) is 17.6. The van der Waals surface area contributed by atoms with Crippen molar-refractivity contribution in [2.75, 3.05) is 52.4 Å². The molecule has 0 radical (unpaired) electrons. The summed E-state index contributed by atoms with van der Waals surface area (Å²) in [5.41, 5.74) is 0. The molecule has 0 bridgehead atoms. The van der Waals surface area contributed by atoms with Crippen molar-refractivity contribution in [3.8, 4) is 0 Å². The molecule has 4 fully saturated rings. The average molecular weight is 771 g/mol. The van der Waals surface area contributed by atoms with Gasteiger partial charge in [0.05, 0.1) is 0 Å². The zero-order chi connectivity index (χ0) is 28.9. The van der Waals surface area contributed by atoms with Crippen LogP contribution in [0.25, 0.3) is 0 Å². The number of hydrazine groups is 6. The standard InChI is InChI=1S/2C10H18N4S4.Mo.2O/c2*15-9(16)13(11-5-1-2-6-11)14(10(17)18)12-7-3-4-8-12;;;/h2*1-8H2,(H,15,16)(H,17,18);;;/q;;+2;;/p-2. The summed E-state index contributed by atoms with van der Waals surface area (Å²) in [6.07, 6.45) is 9.36. The molecule has 4 aliphatic heterocycles. The minimum absolute atomic E-state index is 0.403. The second-order valence-corrected chi connectivity index (χ2v) is 13.6. The van der Waals surface area contributed by atoms with Gasteiger partial charge in [-0.2, -0.15) is 20.3 Å². The predicted molar refractivity (Wildman–Crippen MR) is 175 cm³/mol. The van der Waals surface area contributed by atoms with Crippen LogP contribution in [0.2, 0.25) is 0 Å². The third-order valence-electron chi connectivity index (χ3n) is 6.43. The van der Waals surface area contributed by atoms with Crippen LogP contribution in [0.3, 0.4) is 0 Å². The molecule has 4 aliphatic rings. The molecule has 0 atom stereocenters. The van der Waals surface area contributed by atoms with Crippen molar-refractivity contribution in [3.63, 3.8) is 0 Å². The number of thiol groups is 2. The van der Waals surface area contributed by atoms with E-state index in [1.54, 1.807) is 0 Å². The number of hydrogen-bond donors (Lipinski definition) is 2. The maximum absolute atomic E-state index is 8.50. The molecule has 4 rings (SSSR count). The fourth-order valence-electron chi connectivity index (χ4n) is 4.83. The third kappa shape index (κ3) is 11.1. The molecule has 10 nitrogen and oxygen atoms in total. The molecule has 4 saturated heterocycles. The van der Waals surface area contributed by atoms with Crippen molar-refractivity contribution in [3.05, 3.63) is 0 Å². The van der Waals surface area contributed by atoms with Gasteiger partial charge in [0.2, 0.25) is 0 Å². The zero-order valence-electron chi connectivity index (χ0n) is 21.5. The van der Waals surface area contributed by atoms with Crippen molar-refractivity contribution in [1.29, 1.82) is 0 Å². The molecule has 0 aromatic heterocycles. The van der Waals surface area contributed by atoms with E-state index in [9.17, 15) is 0 Å². The van der Waals surface area contributed by atoms with E-state index in [1.807, 2.05) is 20.5 Å². The van der Waals surface area contributed by atoms with Gasteiger partial charge in [0.25, 0.3) is 0 Å². The summed E-state index contributed by atoms with van der Waals surface area (Å²) in [6.45, 7) is 7.78. The van der Waals surface area contributed by atoms with E-state index in [4.69, 9.17) is 80.9 Å². The van der Waals surface area contributed by atoms with Gasteiger partial charge in [-0.05, 0) is 84.4 Å². The maximum atomic E-state index is 8.50. The molecule has 0 aromatic rings. The SMILES string of the molecule is S=C([S-])N(N1CCCC1)N(C(=S)S)N1CCCC1.S=C([S-])N(N1CCCC1)N(C(=S)S)N1CCCC1.[O]=[Mo+2]=[O]. The van der Waals surface area contributed by atoms with Crippen LogP contribution in [0.1, 0.15) is 51.4 Å². The Morgan fingerprint density at radius 2 is 0.692 bits per heavy atom. The van der Waals surface area contributed by atoms with E-state index < -0.39 is 18.5 Å². The van der Waals surface area contributed by atoms with Gasteiger partial charge in [-0.15, -0.1) is 25.3 Å². The quantitative estimate of drug-likeness (QED) is 0.145. The van der Waals surface area contributed by atoms with E-state index in [2.05, 4.69) is 45.3 Å². The summed E-state index contributed by atoms with van der Waals surface area (Å²) in [5, 5.41) is 16.1. The van der Waals surface area contributed by atoms with Crippen LogP contribution in [0, 0.1) is 0 Å². The Labute approximate surface area is 283 Å². The molecule has 0 aliphatic carbocycles. The van der Waals surface area contributed by atoms with Gasteiger partial charge in [-0.1, -0.05) is 0 Å². The Bertz CT molecular complexity index is 750. The molecule has 0 aromatic carbocycles. The Morgan fingerprint density at radius 3 is 0.846 bits per heavy atom. The Morgan fingerprint density at radius 1 is 0.513 bits per heavy atom. The Balaban J connectivity index is 0.000000249. The molecule has 0 unspecified atom stereocenters. The van der Waals surface area contributed by atoms with Gasteiger partial charge >= 0.3 is 25.3 Å². The van der Waals surface area contributed by atoms with Crippen LogP contribution in [-0.2, 0) is 50.5 Å². The molecule has 0 amide bonds. The molecule has 4 heterocycles. The zero-order valence-corrected chi connectivity index (χ0v) is 30.2. The van der Waals surface area contributed by atoms with Crippen molar-refractivity contribution >= 4 is 117 Å².